The van der Waals surface area contributed by atoms with Gasteiger partial charge in [-0.3, -0.25) is 0 Å². The van der Waals surface area contributed by atoms with Crippen molar-refractivity contribution in [1.29, 1.82) is 0 Å². The summed E-state index contributed by atoms with van der Waals surface area (Å²) in [5.41, 5.74) is -0.864. The number of allylic oxidation sites excluding steroid dienone is 1. The smallest absolute Gasteiger partial charge is 0.408 e. The fourth-order valence-corrected chi connectivity index (χ4v) is 1.30. The van der Waals surface area contributed by atoms with Crippen molar-refractivity contribution < 1.29 is 27.8 Å². The number of amides is 1. The first-order chi connectivity index (χ1) is 9.03. The molecule has 0 saturated heterocycles. The first-order valence-electron chi connectivity index (χ1n) is 6.18. The third kappa shape index (κ3) is 6.49. The Kier molecular flexibility index (Phi) is 6.61. The van der Waals surface area contributed by atoms with Crippen molar-refractivity contribution >= 4 is 12.1 Å². The van der Waals surface area contributed by atoms with E-state index in [-0.39, 0.29) is 6.61 Å². The summed E-state index contributed by atoms with van der Waals surface area (Å²) in [5, 5.41) is 1.85. The molecule has 0 aromatic heterocycles. The molecule has 0 aliphatic heterocycles. The van der Waals surface area contributed by atoms with Crippen LogP contribution in [0.1, 0.15) is 34.1 Å². The van der Waals surface area contributed by atoms with E-state index >= 15 is 0 Å². The van der Waals surface area contributed by atoms with Gasteiger partial charge in [0.1, 0.15) is 5.60 Å². The van der Waals surface area contributed by atoms with E-state index in [2.05, 4.69) is 11.3 Å². The van der Waals surface area contributed by atoms with Crippen LogP contribution in [-0.4, -0.2) is 36.2 Å². The lowest BCUT2D eigenvalue weighted by Gasteiger charge is -2.27. The monoisotopic (exact) mass is 293 g/mol. The third-order valence-electron chi connectivity index (χ3n) is 2.02. The average molecular weight is 293 g/mol. The number of halogens is 2. The van der Waals surface area contributed by atoms with Gasteiger partial charge >= 0.3 is 12.1 Å². The molecule has 0 unspecified atom stereocenters. The molecule has 0 aromatic carbocycles. The number of alkyl carbamates (subject to hydrolysis) is 1. The molecule has 0 radical (unpaired) electrons. The molecule has 1 atom stereocenters. The summed E-state index contributed by atoms with van der Waals surface area (Å²) in [6, 6.07) is -2.12. The summed E-state index contributed by atoms with van der Waals surface area (Å²) in [7, 11) is 0. The summed E-state index contributed by atoms with van der Waals surface area (Å²) < 4.78 is 37.0. The quantitative estimate of drug-likeness (QED) is 0.604. The van der Waals surface area contributed by atoms with Gasteiger partial charge < -0.3 is 14.8 Å². The summed E-state index contributed by atoms with van der Waals surface area (Å²) in [5.74, 6) is -4.73. The minimum absolute atomic E-state index is 0.0739. The number of alkyl halides is 2. The van der Waals surface area contributed by atoms with E-state index < -0.39 is 36.0 Å². The van der Waals surface area contributed by atoms with Crippen molar-refractivity contribution in [3.05, 3.63) is 12.7 Å². The summed E-state index contributed by atoms with van der Waals surface area (Å²) in [6.45, 7) is 9.33. The van der Waals surface area contributed by atoms with Gasteiger partial charge in [0.25, 0.3) is 5.92 Å². The summed E-state index contributed by atoms with van der Waals surface area (Å²) >= 11 is 0. The number of carbonyl (C=O) groups is 2. The molecule has 116 valence electrons. The number of hydrogen-bond acceptors (Lipinski definition) is 4. The Bertz CT molecular complexity index is 364. The SMILES string of the molecule is C=CCC(F)(F)[C@H](NC(=O)OC(C)(C)C)C(=O)OCC. The number of carbonyl (C=O) groups excluding carboxylic acids is 2. The van der Waals surface area contributed by atoms with Gasteiger partial charge in [-0.25, -0.2) is 18.4 Å². The van der Waals surface area contributed by atoms with Gasteiger partial charge in [-0.2, -0.15) is 0 Å². The second kappa shape index (κ2) is 7.21. The fraction of sp³-hybridized carbons (Fsp3) is 0.692. The van der Waals surface area contributed by atoms with Crippen molar-refractivity contribution in [2.75, 3.05) is 6.61 Å². The van der Waals surface area contributed by atoms with E-state index in [4.69, 9.17) is 4.74 Å². The van der Waals surface area contributed by atoms with E-state index in [1.807, 2.05) is 5.32 Å². The van der Waals surface area contributed by atoms with Crippen LogP contribution in [0, 0.1) is 0 Å². The lowest BCUT2D eigenvalue weighted by Crippen LogP contribution is -2.54. The van der Waals surface area contributed by atoms with Gasteiger partial charge in [-0.05, 0) is 27.7 Å². The molecule has 7 heteroatoms. The van der Waals surface area contributed by atoms with Crippen LogP contribution in [0.25, 0.3) is 0 Å². The molecule has 1 N–H and O–H groups in total. The van der Waals surface area contributed by atoms with E-state index in [0.717, 1.165) is 6.08 Å². The molecule has 0 fully saturated rings. The van der Waals surface area contributed by atoms with Crippen molar-refractivity contribution in [3.63, 3.8) is 0 Å². The van der Waals surface area contributed by atoms with E-state index in [1.54, 1.807) is 20.8 Å². The van der Waals surface area contributed by atoms with E-state index in [0.29, 0.717) is 0 Å². The van der Waals surface area contributed by atoms with Crippen LogP contribution >= 0.6 is 0 Å². The predicted octanol–water partition coefficient (Wildman–Crippen LogP) is 2.65. The van der Waals surface area contributed by atoms with Crippen LogP contribution in [-0.2, 0) is 14.3 Å². The largest absolute Gasteiger partial charge is 0.464 e. The Hall–Kier alpha value is -1.66. The second-order valence-electron chi connectivity index (χ2n) is 5.09. The molecular formula is C13H21F2NO4. The van der Waals surface area contributed by atoms with Gasteiger partial charge in [0.05, 0.1) is 6.61 Å². The van der Waals surface area contributed by atoms with Crippen molar-refractivity contribution in [3.8, 4) is 0 Å². The third-order valence-corrected chi connectivity index (χ3v) is 2.02. The maximum absolute atomic E-state index is 13.8. The zero-order valence-corrected chi connectivity index (χ0v) is 12.2. The van der Waals surface area contributed by atoms with Crippen molar-refractivity contribution in [2.45, 2.75) is 51.7 Å². The maximum atomic E-state index is 13.8. The highest BCUT2D eigenvalue weighted by molar-refractivity contribution is 5.82. The van der Waals surface area contributed by atoms with Gasteiger partial charge in [0.15, 0.2) is 6.04 Å². The van der Waals surface area contributed by atoms with Gasteiger partial charge in [0, 0.05) is 6.42 Å². The Morgan fingerprint density at radius 3 is 2.30 bits per heavy atom. The number of ether oxygens (including phenoxy) is 2. The Labute approximate surface area is 117 Å². The van der Waals surface area contributed by atoms with Gasteiger partial charge in [-0.1, -0.05) is 6.08 Å². The molecular weight excluding hydrogens is 272 g/mol. The van der Waals surface area contributed by atoms with Crippen LogP contribution in [0.4, 0.5) is 13.6 Å². The topological polar surface area (TPSA) is 64.6 Å². The van der Waals surface area contributed by atoms with Crippen LogP contribution in [0.5, 0.6) is 0 Å². The van der Waals surface area contributed by atoms with Crippen LogP contribution in [0.2, 0.25) is 0 Å². The molecule has 0 bridgehead atoms. The zero-order chi connectivity index (χ0) is 16.0. The zero-order valence-electron chi connectivity index (χ0n) is 12.2. The van der Waals surface area contributed by atoms with Crippen LogP contribution in [0.3, 0.4) is 0 Å². The lowest BCUT2D eigenvalue weighted by atomic mass is 10.1. The van der Waals surface area contributed by atoms with Crippen LogP contribution < -0.4 is 5.32 Å². The summed E-state index contributed by atoms with van der Waals surface area (Å²) in [6.07, 6.45) is -0.922. The molecule has 1 amide bonds. The summed E-state index contributed by atoms with van der Waals surface area (Å²) in [4.78, 5) is 23.1. The molecule has 5 nitrogen and oxygen atoms in total. The lowest BCUT2D eigenvalue weighted by molar-refractivity contribution is -0.156. The molecule has 0 spiro atoms. The van der Waals surface area contributed by atoms with Crippen molar-refractivity contribution in [1.82, 2.24) is 5.32 Å². The maximum Gasteiger partial charge on any atom is 0.408 e. The molecule has 20 heavy (non-hydrogen) atoms. The minimum Gasteiger partial charge on any atom is -0.464 e. The first-order valence-corrected chi connectivity index (χ1v) is 6.18. The Morgan fingerprint density at radius 1 is 1.35 bits per heavy atom. The second-order valence-corrected chi connectivity index (χ2v) is 5.09. The van der Waals surface area contributed by atoms with E-state index in [9.17, 15) is 18.4 Å². The Morgan fingerprint density at radius 2 is 1.90 bits per heavy atom. The molecule has 0 aliphatic carbocycles. The molecule has 0 aliphatic rings. The molecule has 0 rings (SSSR count). The fourth-order valence-electron chi connectivity index (χ4n) is 1.30. The first kappa shape index (κ1) is 18.3. The molecule has 0 aromatic rings. The highest BCUT2D eigenvalue weighted by Crippen LogP contribution is 2.25. The number of rotatable bonds is 6. The molecule has 0 heterocycles. The standard InChI is InChI=1S/C13H21F2NO4/c1-6-8-13(14,15)9(10(17)19-7-2)16-11(18)20-12(3,4)5/h6,9H,1,7-8H2,2-5H3,(H,16,18)/t9-/m1/s1. The predicted molar refractivity (Wildman–Crippen MR) is 69.6 cm³/mol. The average Bonchev–Trinajstić information content (AvgIpc) is 2.23. The van der Waals surface area contributed by atoms with E-state index in [1.165, 1.54) is 6.92 Å². The van der Waals surface area contributed by atoms with Crippen molar-refractivity contribution in [2.24, 2.45) is 0 Å². The van der Waals surface area contributed by atoms with Gasteiger partial charge in [0.2, 0.25) is 0 Å². The highest BCUT2D eigenvalue weighted by Gasteiger charge is 2.46. The number of nitrogens with one attached hydrogen (secondary N) is 1. The normalized spacial score (nSPS) is 13.3. The Balaban J connectivity index is 5.00. The van der Waals surface area contributed by atoms with Gasteiger partial charge in [-0.15, -0.1) is 6.58 Å². The number of hydrogen-bond donors (Lipinski definition) is 1. The van der Waals surface area contributed by atoms with Crippen LogP contribution in [0.15, 0.2) is 12.7 Å². The minimum atomic E-state index is -3.51. The molecule has 0 saturated carbocycles. The highest BCUT2D eigenvalue weighted by atomic mass is 19.3. The number of esters is 1.